The molecule has 0 aliphatic carbocycles. The van der Waals surface area contributed by atoms with E-state index < -0.39 is 0 Å². The molecule has 1 nitrogen and oxygen atoms in total. The van der Waals surface area contributed by atoms with E-state index in [9.17, 15) is 5.11 Å². The molecule has 0 aromatic heterocycles. The largest absolute Gasteiger partial charge is 0.507 e. The zero-order valence-corrected chi connectivity index (χ0v) is 15.1. The topological polar surface area (TPSA) is 20.2 Å². The van der Waals surface area contributed by atoms with E-state index in [4.69, 9.17) is 0 Å². The van der Waals surface area contributed by atoms with Gasteiger partial charge in [0.15, 0.2) is 0 Å². The maximum atomic E-state index is 10.8. The fraction of sp³-hybridized carbons (Fsp3) is 0.700. The van der Waals surface area contributed by atoms with E-state index in [1.807, 2.05) is 0 Å². The van der Waals surface area contributed by atoms with E-state index in [2.05, 4.69) is 60.6 Å². The van der Waals surface area contributed by atoms with Crippen molar-refractivity contribution in [2.45, 2.75) is 91.4 Å². The highest BCUT2D eigenvalue weighted by atomic mass is 16.3. The van der Waals surface area contributed by atoms with Crippen LogP contribution in [0.25, 0.3) is 0 Å². The summed E-state index contributed by atoms with van der Waals surface area (Å²) in [6, 6.07) is 4.39. The van der Waals surface area contributed by atoms with E-state index in [-0.39, 0.29) is 10.8 Å². The fourth-order valence-electron chi connectivity index (χ4n) is 3.19. The molecule has 1 N–H and O–H groups in total. The van der Waals surface area contributed by atoms with Gasteiger partial charge in [-0.05, 0) is 40.4 Å². The van der Waals surface area contributed by atoms with Gasteiger partial charge in [0.25, 0.3) is 0 Å². The lowest BCUT2D eigenvalue weighted by atomic mass is 9.75. The van der Waals surface area contributed by atoms with Crippen LogP contribution in [0.15, 0.2) is 12.1 Å². The molecule has 1 heteroatoms. The molecule has 0 bridgehead atoms. The molecule has 0 atom stereocenters. The van der Waals surface area contributed by atoms with Crippen molar-refractivity contribution in [3.05, 3.63) is 28.8 Å². The molecule has 0 saturated carbocycles. The minimum Gasteiger partial charge on any atom is -0.507 e. The third-order valence-electron chi connectivity index (χ3n) is 4.58. The van der Waals surface area contributed by atoms with Crippen LogP contribution in [0.2, 0.25) is 0 Å². The first-order chi connectivity index (χ1) is 9.65. The van der Waals surface area contributed by atoms with Crippen molar-refractivity contribution < 1.29 is 5.11 Å². The van der Waals surface area contributed by atoms with Crippen molar-refractivity contribution >= 4 is 0 Å². The summed E-state index contributed by atoms with van der Waals surface area (Å²) in [6.45, 7) is 15.5. The van der Waals surface area contributed by atoms with E-state index in [0.29, 0.717) is 5.75 Å². The highest BCUT2D eigenvalue weighted by Crippen LogP contribution is 2.41. The van der Waals surface area contributed by atoms with Gasteiger partial charge in [0.2, 0.25) is 0 Å². The van der Waals surface area contributed by atoms with Crippen LogP contribution in [0, 0.1) is 0 Å². The number of unbranched alkanes of at least 4 members (excludes halogenated alkanes) is 2. The van der Waals surface area contributed by atoms with E-state index in [1.165, 1.54) is 24.8 Å². The van der Waals surface area contributed by atoms with Crippen molar-refractivity contribution in [2.24, 2.45) is 0 Å². The van der Waals surface area contributed by atoms with Gasteiger partial charge in [-0.2, -0.15) is 0 Å². The maximum Gasteiger partial charge on any atom is 0.122 e. The Morgan fingerprint density at radius 2 is 1.48 bits per heavy atom. The van der Waals surface area contributed by atoms with Crippen molar-refractivity contribution in [2.75, 3.05) is 0 Å². The first kappa shape index (κ1) is 18.1. The Labute approximate surface area is 131 Å². The number of rotatable bonds is 6. The molecule has 1 rings (SSSR count). The molecule has 0 saturated heterocycles. The lowest BCUT2D eigenvalue weighted by molar-refractivity contribution is 0.402. The molecule has 21 heavy (non-hydrogen) atoms. The van der Waals surface area contributed by atoms with Crippen molar-refractivity contribution in [1.29, 1.82) is 0 Å². The van der Waals surface area contributed by atoms with Crippen LogP contribution in [-0.2, 0) is 17.3 Å². The van der Waals surface area contributed by atoms with Gasteiger partial charge >= 0.3 is 0 Å². The number of hydrogen-bond donors (Lipinski definition) is 1. The third-order valence-corrected chi connectivity index (χ3v) is 4.58. The Morgan fingerprint density at radius 3 is 1.95 bits per heavy atom. The second-order valence-corrected chi connectivity index (χ2v) is 7.93. The quantitative estimate of drug-likeness (QED) is 0.627. The second kappa shape index (κ2) is 6.85. The zero-order valence-electron chi connectivity index (χ0n) is 15.1. The average molecular weight is 290 g/mol. The Morgan fingerprint density at radius 1 is 0.905 bits per heavy atom. The molecule has 0 amide bonds. The Balaban J connectivity index is 3.21. The van der Waals surface area contributed by atoms with Crippen LogP contribution in [0.3, 0.4) is 0 Å². The molecule has 1 aromatic rings. The van der Waals surface area contributed by atoms with Gasteiger partial charge in [0.1, 0.15) is 5.75 Å². The summed E-state index contributed by atoms with van der Waals surface area (Å²) in [7, 11) is 0. The van der Waals surface area contributed by atoms with E-state index in [1.54, 1.807) is 0 Å². The van der Waals surface area contributed by atoms with Gasteiger partial charge < -0.3 is 5.11 Å². The summed E-state index contributed by atoms with van der Waals surface area (Å²) in [5, 5.41) is 10.8. The second-order valence-electron chi connectivity index (χ2n) is 7.93. The molecule has 1 aromatic carbocycles. The summed E-state index contributed by atoms with van der Waals surface area (Å²) in [6.07, 6.45) is 5.76. The van der Waals surface area contributed by atoms with Crippen molar-refractivity contribution in [1.82, 2.24) is 0 Å². The van der Waals surface area contributed by atoms with Crippen LogP contribution >= 0.6 is 0 Å². The Kier molecular flexibility index (Phi) is 5.90. The molecule has 0 fully saturated rings. The van der Waals surface area contributed by atoms with Crippen molar-refractivity contribution in [3.8, 4) is 5.75 Å². The van der Waals surface area contributed by atoms with Gasteiger partial charge in [-0.25, -0.2) is 0 Å². The Hall–Kier alpha value is -0.980. The van der Waals surface area contributed by atoms with Gasteiger partial charge in [-0.3, -0.25) is 0 Å². The highest BCUT2D eigenvalue weighted by molar-refractivity contribution is 5.50. The Bertz CT molecular complexity index is 463. The average Bonchev–Trinajstić information content (AvgIpc) is 2.37. The molecule has 0 aliphatic rings. The lowest BCUT2D eigenvalue weighted by Crippen LogP contribution is -2.20. The normalized spacial score (nSPS) is 12.7. The summed E-state index contributed by atoms with van der Waals surface area (Å²) < 4.78 is 0. The smallest absolute Gasteiger partial charge is 0.122 e. The highest BCUT2D eigenvalue weighted by Gasteiger charge is 2.28. The van der Waals surface area contributed by atoms with Crippen molar-refractivity contribution in [3.63, 3.8) is 0 Å². The molecule has 0 unspecified atom stereocenters. The first-order valence-electron chi connectivity index (χ1n) is 8.51. The van der Waals surface area contributed by atoms with Gasteiger partial charge in [0.05, 0.1) is 0 Å². The van der Waals surface area contributed by atoms with Crippen LogP contribution < -0.4 is 0 Å². The number of hydrogen-bond acceptors (Lipinski definition) is 1. The number of benzene rings is 1. The molecular formula is C20H34O. The van der Waals surface area contributed by atoms with Gasteiger partial charge in [-0.15, -0.1) is 0 Å². The monoisotopic (exact) mass is 290 g/mol. The van der Waals surface area contributed by atoms with Crippen LogP contribution in [0.1, 0.15) is 90.8 Å². The summed E-state index contributed by atoms with van der Waals surface area (Å²) in [4.78, 5) is 0. The zero-order chi connectivity index (χ0) is 16.3. The predicted molar refractivity (Wildman–Crippen MR) is 93.4 cm³/mol. The molecule has 0 heterocycles. The predicted octanol–water partition coefficient (Wildman–Crippen LogP) is 6.11. The maximum absolute atomic E-state index is 10.8. The molecular weight excluding hydrogens is 256 g/mol. The number of phenolic OH excluding ortho intramolecular Hbond substituents is 1. The van der Waals surface area contributed by atoms with Gasteiger partial charge in [-0.1, -0.05) is 79.9 Å². The molecule has 0 spiro atoms. The summed E-state index contributed by atoms with van der Waals surface area (Å²) in [5.41, 5.74) is 3.63. The van der Waals surface area contributed by atoms with Crippen LogP contribution in [0.5, 0.6) is 5.75 Å². The first-order valence-corrected chi connectivity index (χ1v) is 8.51. The van der Waals surface area contributed by atoms with Crippen LogP contribution in [-0.4, -0.2) is 5.11 Å². The standard InChI is InChI=1S/C20H34O/c1-8-10-11-14-20(6,7)17-13-12-16(19(3,4)5)15(9-2)18(17)21/h12-13,21H,8-11,14H2,1-7H3. The summed E-state index contributed by atoms with van der Waals surface area (Å²) in [5.74, 6) is 0.534. The number of phenols is 1. The number of aromatic hydroxyl groups is 1. The molecule has 0 aliphatic heterocycles. The molecule has 0 radical (unpaired) electrons. The third kappa shape index (κ3) is 4.25. The minimum atomic E-state index is 0.0413. The van der Waals surface area contributed by atoms with Gasteiger partial charge in [0, 0.05) is 0 Å². The van der Waals surface area contributed by atoms with E-state index >= 15 is 0 Å². The lowest BCUT2D eigenvalue weighted by Gasteiger charge is -2.30. The summed E-state index contributed by atoms with van der Waals surface area (Å²) >= 11 is 0. The minimum absolute atomic E-state index is 0.0413. The fourth-order valence-corrected chi connectivity index (χ4v) is 3.19. The van der Waals surface area contributed by atoms with E-state index in [0.717, 1.165) is 24.0 Å². The van der Waals surface area contributed by atoms with Crippen LogP contribution in [0.4, 0.5) is 0 Å². The SMILES string of the molecule is CCCCCC(C)(C)c1ccc(C(C)(C)C)c(CC)c1O. The molecule has 120 valence electrons.